The highest BCUT2D eigenvalue weighted by atomic mass is 79.9. The molecule has 0 saturated heterocycles. The number of pyridine rings is 1. The molecule has 2 aromatic heterocycles. The lowest BCUT2D eigenvalue weighted by Crippen LogP contribution is -2.07. The summed E-state index contributed by atoms with van der Waals surface area (Å²) in [6.07, 6.45) is 2.69. The standard InChI is InChI=1S/C20H19BrN2O3S/c1-3-13-9-10-23-16(11-13)18(20(25)26-4-2)19(22-23)27-12-17(24)14-5-7-15(21)8-6-14/h5-11H,3-4,12H2,1-2H3. The van der Waals surface area contributed by atoms with Crippen molar-refractivity contribution in [3.8, 4) is 0 Å². The molecule has 0 N–H and O–H groups in total. The third-order valence-electron chi connectivity index (χ3n) is 4.06. The smallest absolute Gasteiger partial charge is 0.343 e. The van der Waals surface area contributed by atoms with Crippen LogP contribution in [0.15, 0.2) is 52.1 Å². The third-order valence-corrected chi connectivity index (χ3v) is 5.56. The van der Waals surface area contributed by atoms with Crippen LogP contribution in [0.1, 0.15) is 40.1 Å². The maximum absolute atomic E-state index is 12.5. The van der Waals surface area contributed by atoms with E-state index in [1.807, 2.05) is 30.5 Å². The highest BCUT2D eigenvalue weighted by Crippen LogP contribution is 2.28. The van der Waals surface area contributed by atoms with Crippen LogP contribution in [0.4, 0.5) is 0 Å². The van der Waals surface area contributed by atoms with Gasteiger partial charge in [0.1, 0.15) is 10.6 Å². The summed E-state index contributed by atoms with van der Waals surface area (Å²) in [5.41, 5.74) is 2.85. The van der Waals surface area contributed by atoms with Gasteiger partial charge in [0.2, 0.25) is 0 Å². The fourth-order valence-corrected chi connectivity index (χ4v) is 3.81. The third kappa shape index (κ3) is 4.42. The van der Waals surface area contributed by atoms with E-state index in [1.54, 1.807) is 23.6 Å². The molecule has 7 heteroatoms. The van der Waals surface area contributed by atoms with E-state index >= 15 is 0 Å². The number of carbonyl (C=O) groups is 2. The number of aromatic nitrogens is 2. The van der Waals surface area contributed by atoms with Crippen molar-refractivity contribution < 1.29 is 14.3 Å². The second-order valence-corrected chi connectivity index (χ2v) is 7.72. The molecular formula is C20H19BrN2O3S. The van der Waals surface area contributed by atoms with Gasteiger partial charge in [0.25, 0.3) is 0 Å². The van der Waals surface area contributed by atoms with Crippen LogP contribution < -0.4 is 0 Å². The lowest BCUT2D eigenvalue weighted by molar-refractivity contribution is 0.0524. The highest BCUT2D eigenvalue weighted by Gasteiger charge is 2.22. The molecule has 0 amide bonds. The predicted octanol–water partition coefficient (Wildman–Crippen LogP) is 4.81. The van der Waals surface area contributed by atoms with E-state index in [-0.39, 0.29) is 18.1 Å². The Morgan fingerprint density at radius 1 is 1.19 bits per heavy atom. The lowest BCUT2D eigenvalue weighted by atomic mass is 10.1. The van der Waals surface area contributed by atoms with E-state index in [2.05, 4.69) is 28.0 Å². The summed E-state index contributed by atoms with van der Waals surface area (Å²) >= 11 is 4.61. The molecule has 0 fully saturated rings. The number of thioether (sulfide) groups is 1. The molecule has 0 unspecified atom stereocenters. The number of hydrogen-bond donors (Lipinski definition) is 0. The van der Waals surface area contributed by atoms with Gasteiger partial charge in [0.15, 0.2) is 5.78 Å². The molecule has 1 aromatic carbocycles. The highest BCUT2D eigenvalue weighted by molar-refractivity contribution is 9.10. The molecule has 0 aliphatic carbocycles. The van der Waals surface area contributed by atoms with Gasteiger partial charge >= 0.3 is 5.97 Å². The minimum Gasteiger partial charge on any atom is -0.462 e. The first kappa shape index (κ1) is 19.6. The second-order valence-electron chi connectivity index (χ2n) is 5.84. The molecule has 5 nitrogen and oxygen atoms in total. The number of aryl methyl sites for hydroxylation is 1. The summed E-state index contributed by atoms with van der Waals surface area (Å²) < 4.78 is 7.80. The summed E-state index contributed by atoms with van der Waals surface area (Å²) in [5.74, 6) is -0.244. The van der Waals surface area contributed by atoms with Crippen LogP contribution >= 0.6 is 27.7 Å². The number of benzene rings is 1. The fraction of sp³-hybridized carbons (Fsp3) is 0.250. The van der Waals surface area contributed by atoms with E-state index in [0.717, 1.165) is 16.5 Å². The van der Waals surface area contributed by atoms with Crippen LogP contribution in [-0.4, -0.2) is 33.7 Å². The Hall–Kier alpha value is -2.12. The predicted molar refractivity (Wildman–Crippen MR) is 110 cm³/mol. The zero-order valence-corrected chi connectivity index (χ0v) is 17.5. The zero-order chi connectivity index (χ0) is 19.4. The van der Waals surface area contributed by atoms with Crippen LogP contribution in [-0.2, 0) is 11.2 Å². The summed E-state index contributed by atoms with van der Waals surface area (Å²) in [6, 6.07) is 11.1. The average Bonchev–Trinajstić information content (AvgIpc) is 3.04. The molecule has 0 aliphatic heterocycles. The number of halogens is 1. The van der Waals surface area contributed by atoms with Crippen molar-refractivity contribution in [1.82, 2.24) is 9.61 Å². The van der Waals surface area contributed by atoms with Crippen LogP contribution in [0.5, 0.6) is 0 Å². The summed E-state index contributed by atoms with van der Waals surface area (Å²) in [4.78, 5) is 25.0. The molecule has 0 aliphatic rings. The SMILES string of the molecule is CCOC(=O)c1c(SCC(=O)c2ccc(Br)cc2)nn2ccc(CC)cc12. The number of nitrogens with zero attached hydrogens (tertiary/aromatic N) is 2. The van der Waals surface area contributed by atoms with Gasteiger partial charge in [-0.05, 0) is 43.2 Å². The molecule has 2 heterocycles. The van der Waals surface area contributed by atoms with Gasteiger partial charge in [-0.3, -0.25) is 4.79 Å². The molecule has 0 saturated carbocycles. The van der Waals surface area contributed by atoms with E-state index < -0.39 is 5.97 Å². The number of Topliss-reactive ketones (excluding diaryl/α,β-unsaturated/α-hetero) is 1. The van der Waals surface area contributed by atoms with Crippen molar-refractivity contribution in [2.24, 2.45) is 0 Å². The number of carbonyl (C=O) groups excluding carboxylic acids is 2. The Labute approximate surface area is 170 Å². The van der Waals surface area contributed by atoms with Gasteiger partial charge in [-0.25, -0.2) is 9.31 Å². The second kappa shape index (κ2) is 8.71. The number of hydrogen-bond acceptors (Lipinski definition) is 5. The summed E-state index contributed by atoms with van der Waals surface area (Å²) in [7, 11) is 0. The number of ketones is 1. The number of fused-ring (bicyclic) bond motifs is 1. The molecule has 0 radical (unpaired) electrons. The maximum Gasteiger partial charge on any atom is 0.343 e. The Balaban J connectivity index is 1.90. The first-order valence-electron chi connectivity index (χ1n) is 8.63. The zero-order valence-electron chi connectivity index (χ0n) is 15.1. The first-order chi connectivity index (χ1) is 13.0. The largest absolute Gasteiger partial charge is 0.462 e. The van der Waals surface area contributed by atoms with E-state index in [1.165, 1.54) is 11.8 Å². The van der Waals surface area contributed by atoms with Crippen LogP contribution in [0.25, 0.3) is 5.52 Å². The van der Waals surface area contributed by atoms with Crippen molar-refractivity contribution in [2.45, 2.75) is 25.3 Å². The van der Waals surface area contributed by atoms with E-state index in [0.29, 0.717) is 21.7 Å². The van der Waals surface area contributed by atoms with Crippen molar-refractivity contribution in [1.29, 1.82) is 0 Å². The summed E-state index contributed by atoms with van der Waals surface area (Å²) in [5, 5.41) is 5.00. The Morgan fingerprint density at radius 2 is 1.93 bits per heavy atom. The number of ether oxygens (including phenoxy) is 1. The van der Waals surface area contributed by atoms with Crippen LogP contribution in [0, 0.1) is 0 Å². The van der Waals surface area contributed by atoms with Gasteiger partial charge in [-0.1, -0.05) is 46.7 Å². The quantitative estimate of drug-likeness (QED) is 0.296. The molecule has 0 atom stereocenters. The number of rotatable bonds is 7. The van der Waals surface area contributed by atoms with E-state index in [9.17, 15) is 9.59 Å². The van der Waals surface area contributed by atoms with Gasteiger partial charge in [0, 0.05) is 16.2 Å². The Morgan fingerprint density at radius 3 is 2.59 bits per heavy atom. The van der Waals surface area contributed by atoms with Crippen LogP contribution in [0.2, 0.25) is 0 Å². The Bertz CT molecular complexity index is 983. The van der Waals surface area contributed by atoms with Crippen molar-refractivity contribution in [3.63, 3.8) is 0 Å². The lowest BCUT2D eigenvalue weighted by Gasteiger charge is -2.04. The van der Waals surface area contributed by atoms with Crippen molar-refractivity contribution >= 4 is 45.0 Å². The minimum absolute atomic E-state index is 0.0198. The molecule has 140 valence electrons. The molecule has 3 rings (SSSR count). The maximum atomic E-state index is 12.5. The monoisotopic (exact) mass is 446 g/mol. The molecule has 3 aromatic rings. The van der Waals surface area contributed by atoms with E-state index in [4.69, 9.17) is 4.74 Å². The van der Waals surface area contributed by atoms with Crippen LogP contribution in [0.3, 0.4) is 0 Å². The normalized spacial score (nSPS) is 10.9. The van der Waals surface area contributed by atoms with Gasteiger partial charge in [-0.2, -0.15) is 5.10 Å². The van der Waals surface area contributed by atoms with Gasteiger partial charge in [-0.15, -0.1) is 0 Å². The van der Waals surface area contributed by atoms with Crippen molar-refractivity contribution in [3.05, 3.63) is 63.8 Å². The average molecular weight is 447 g/mol. The van der Waals surface area contributed by atoms with Crippen molar-refractivity contribution in [2.75, 3.05) is 12.4 Å². The molecule has 0 spiro atoms. The summed E-state index contributed by atoms with van der Waals surface area (Å²) in [6.45, 7) is 4.11. The topological polar surface area (TPSA) is 60.7 Å². The molecule has 27 heavy (non-hydrogen) atoms. The molecule has 0 bridgehead atoms. The Kier molecular flexibility index (Phi) is 6.34. The fourth-order valence-electron chi connectivity index (χ4n) is 2.64. The van der Waals surface area contributed by atoms with Gasteiger partial charge in [0.05, 0.1) is 17.9 Å². The first-order valence-corrected chi connectivity index (χ1v) is 10.4. The minimum atomic E-state index is -0.417. The van der Waals surface area contributed by atoms with Gasteiger partial charge < -0.3 is 4.74 Å². The molecular weight excluding hydrogens is 428 g/mol. The number of esters is 1.